The average Bonchev–Trinajstić information content (AvgIpc) is 2.38. The molecule has 20 heavy (non-hydrogen) atoms. The number of carbonyl (C=O) groups excluding carboxylic acids is 2. The van der Waals surface area contributed by atoms with Gasteiger partial charge in [0.1, 0.15) is 5.82 Å². The topological polar surface area (TPSA) is 72.6 Å². The zero-order chi connectivity index (χ0) is 14.8. The minimum absolute atomic E-state index is 0.0899. The Labute approximate surface area is 116 Å². The first-order valence-corrected chi connectivity index (χ1v) is 6.37. The number of benzene rings is 1. The van der Waals surface area contributed by atoms with Gasteiger partial charge in [-0.1, -0.05) is 12.1 Å². The number of nitrogens with two attached hydrogens (primary N) is 1. The first kappa shape index (κ1) is 14.5. The van der Waals surface area contributed by atoms with Crippen molar-refractivity contribution in [2.45, 2.75) is 18.9 Å². The van der Waals surface area contributed by atoms with Gasteiger partial charge >= 0.3 is 0 Å². The molecule has 5 nitrogen and oxygen atoms in total. The Morgan fingerprint density at radius 2 is 2.25 bits per heavy atom. The Balaban J connectivity index is 2.04. The third-order valence-electron chi connectivity index (χ3n) is 3.39. The van der Waals surface area contributed by atoms with Gasteiger partial charge in [0.25, 0.3) is 5.91 Å². The fraction of sp³-hybridized carbons (Fsp3) is 0.429. The number of morpholine rings is 1. The van der Waals surface area contributed by atoms with E-state index in [1.54, 1.807) is 19.1 Å². The summed E-state index contributed by atoms with van der Waals surface area (Å²) in [5.41, 5.74) is 4.73. The molecule has 1 aromatic carbocycles. The number of carbonyl (C=O) groups is 2. The summed E-state index contributed by atoms with van der Waals surface area (Å²) in [5, 5.41) is 0. The predicted octanol–water partition coefficient (Wildman–Crippen LogP) is 0.471. The van der Waals surface area contributed by atoms with Gasteiger partial charge in [0.05, 0.1) is 19.6 Å². The lowest BCUT2D eigenvalue weighted by Crippen LogP contribution is -2.58. The highest BCUT2D eigenvalue weighted by molar-refractivity contribution is 5.85. The molecular formula is C14H17FN2O3. The lowest BCUT2D eigenvalue weighted by atomic mass is 10.0. The summed E-state index contributed by atoms with van der Waals surface area (Å²) in [5.74, 6) is -1.15. The summed E-state index contributed by atoms with van der Waals surface area (Å²) in [7, 11) is 0. The van der Waals surface area contributed by atoms with Crippen LogP contribution in [0.3, 0.4) is 0 Å². The van der Waals surface area contributed by atoms with E-state index in [9.17, 15) is 14.0 Å². The monoisotopic (exact) mass is 280 g/mol. The molecule has 0 aliphatic carbocycles. The molecule has 2 amide bonds. The van der Waals surface area contributed by atoms with Crippen LogP contribution in [0.1, 0.15) is 12.5 Å². The van der Waals surface area contributed by atoms with Crippen LogP contribution in [0.25, 0.3) is 0 Å². The highest BCUT2D eigenvalue weighted by atomic mass is 19.1. The molecule has 0 unspecified atom stereocenters. The maximum absolute atomic E-state index is 13.1. The summed E-state index contributed by atoms with van der Waals surface area (Å²) < 4.78 is 18.4. The number of amides is 2. The molecule has 1 heterocycles. The first-order chi connectivity index (χ1) is 9.40. The van der Waals surface area contributed by atoms with Crippen molar-refractivity contribution in [1.82, 2.24) is 4.90 Å². The summed E-state index contributed by atoms with van der Waals surface area (Å²) in [4.78, 5) is 25.1. The van der Waals surface area contributed by atoms with E-state index < -0.39 is 11.5 Å². The number of rotatable bonds is 3. The van der Waals surface area contributed by atoms with Crippen molar-refractivity contribution in [3.63, 3.8) is 0 Å². The lowest BCUT2D eigenvalue weighted by Gasteiger charge is -2.38. The summed E-state index contributed by atoms with van der Waals surface area (Å²) >= 11 is 0. The molecular weight excluding hydrogens is 263 g/mol. The predicted molar refractivity (Wildman–Crippen MR) is 70.2 cm³/mol. The SMILES string of the molecule is C[C@]1(C(N)=O)CN(C(=O)Cc2cccc(F)c2)CCO1. The molecule has 0 spiro atoms. The lowest BCUT2D eigenvalue weighted by molar-refractivity contribution is -0.160. The van der Waals surface area contributed by atoms with E-state index in [-0.39, 0.29) is 31.3 Å². The Morgan fingerprint density at radius 1 is 1.50 bits per heavy atom. The van der Waals surface area contributed by atoms with Crippen LogP contribution in [0, 0.1) is 5.82 Å². The Bertz CT molecular complexity index is 535. The van der Waals surface area contributed by atoms with Crippen molar-refractivity contribution in [1.29, 1.82) is 0 Å². The molecule has 1 fully saturated rings. The van der Waals surface area contributed by atoms with Gasteiger partial charge in [-0.3, -0.25) is 9.59 Å². The molecule has 0 radical (unpaired) electrons. The third-order valence-corrected chi connectivity index (χ3v) is 3.39. The Hall–Kier alpha value is -1.95. The second-order valence-electron chi connectivity index (χ2n) is 5.07. The van der Waals surface area contributed by atoms with E-state index in [0.29, 0.717) is 12.1 Å². The van der Waals surface area contributed by atoms with Crippen molar-refractivity contribution < 1.29 is 18.7 Å². The van der Waals surface area contributed by atoms with Crippen molar-refractivity contribution >= 4 is 11.8 Å². The van der Waals surface area contributed by atoms with E-state index in [1.165, 1.54) is 17.0 Å². The maximum atomic E-state index is 13.1. The molecule has 2 rings (SSSR count). The van der Waals surface area contributed by atoms with Crippen LogP contribution < -0.4 is 5.73 Å². The number of nitrogens with zero attached hydrogens (tertiary/aromatic N) is 1. The molecule has 0 bridgehead atoms. The molecule has 0 aromatic heterocycles. The smallest absolute Gasteiger partial charge is 0.251 e. The Morgan fingerprint density at radius 3 is 2.90 bits per heavy atom. The van der Waals surface area contributed by atoms with Crippen LogP contribution in [0.5, 0.6) is 0 Å². The van der Waals surface area contributed by atoms with E-state index in [4.69, 9.17) is 10.5 Å². The number of halogens is 1. The van der Waals surface area contributed by atoms with Crippen molar-refractivity contribution in [2.24, 2.45) is 5.73 Å². The standard InChI is InChI=1S/C14H17FN2O3/c1-14(13(16)19)9-17(5-6-20-14)12(18)8-10-3-2-4-11(15)7-10/h2-4,7H,5-6,8-9H2,1H3,(H2,16,19)/t14-/m1/s1. The summed E-state index contributed by atoms with van der Waals surface area (Å²) in [6, 6.07) is 5.90. The third kappa shape index (κ3) is 3.14. The van der Waals surface area contributed by atoms with E-state index >= 15 is 0 Å². The van der Waals surface area contributed by atoms with Crippen molar-refractivity contribution in [2.75, 3.05) is 19.7 Å². The molecule has 6 heteroatoms. The largest absolute Gasteiger partial charge is 0.367 e. The second kappa shape index (κ2) is 5.58. The molecule has 0 saturated carbocycles. The van der Waals surface area contributed by atoms with Gasteiger partial charge in [0, 0.05) is 6.54 Å². The first-order valence-electron chi connectivity index (χ1n) is 6.37. The van der Waals surface area contributed by atoms with Crippen molar-refractivity contribution in [3.8, 4) is 0 Å². The van der Waals surface area contributed by atoms with Gasteiger partial charge in [-0.2, -0.15) is 0 Å². The highest BCUT2D eigenvalue weighted by Crippen LogP contribution is 2.18. The fourth-order valence-electron chi connectivity index (χ4n) is 2.17. The van der Waals surface area contributed by atoms with Gasteiger partial charge in [0.2, 0.25) is 5.91 Å². The van der Waals surface area contributed by atoms with E-state index in [0.717, 1.165) is 0 Å². The number of hydrogen-bond acceptors (Lipinski definition) is 3. The molecule has 1 saturated heterocycles. The number of primary amides is 1. The molecule has 1 aliphatic rings. The van der Waals surface area contributed by atoms with Crippen LogP contribution in [-0.4, -0.2) is 42.0 Å². The van der Waals surface area contributed by atoms with Crippen molar-refractivity contribution in [3.05, 3.63) is 35.6 Å². The minimum Gasteiger partial charge on any atom is -0.367 e. The van der Waals surface area contributed by atoms with E-state index in [1.807, 2.05) is 0 Å². The normalized spacial score (nSPS) is 22.6. The van der Waals surface area contributed by atoms with Crippen LogP contribution in [0.4, 0.5) is 4.39 Å². The zero-order valence-corrected chi connectivity index (χ0v) is 11.3. The highest BCUT2D eigenvalue weighted by Gasteiger charge is 2.39. The van der Waals surface area contributed by atoms with Crippen LogP contribution in [0.15, 0.2) is 24.3 Å². The molecule has 1 aromatic rings. The van der Waals surface area contributed by atoms with Gasteiger partial charge < -0.3 is 15.4 Å². The summed E-state index contributed by atoms with van der Waals surface area (Å²) in [6.45, 7) is 2.35. The molecule has 2 N–H and O–H groups in total. The Kier molecular flexibility index (Phi) is 4.04. The van der Waals surface area contributed by atoms with Gasteiger partial charge in [-0.05, 0) is 24.6 Å². The zero-order valence-electron chi connectivity index (χ0n) is 11.3. The quantitative estimate of drug-likeness (QED) is 0.875. The number of ether oxygens (including phenoxy) is 1. The molecule has 1 aliphatic heterocycles. The van der Waals surface area contributed by atoms with Crippen LogP contribution in [-0.2, 0) is 20.7 Å². The number of hydrogen-bond donors (Lipinski definition) is 1. The van der Waals surface area contributed by atoms with E-state index in [2.05, 4.69) is 0 Å². The van der Waals surface area contributed by atoms with Crippen LogP contribution >= 0.6 is 0 Å². The maximum Gasteiger partial charge on any atom is 0.251 e. The van der Waals surface area contributed by atoms with Gasteiger partial charge in [-0.15, -0.1) is 0 Å². The molecule has 1 atom stereocenters. The average molecular weight is 280 g/mol. The summed E-state index contributed by atoms with van der Waals surface area (Å²) in [6.07, 6.45) is 0.0899. The second-order valence-corrected chi connectivity index (χ2v) is 5.07. The van der Waals surface area contributed by atoms with Gasteiger partial charge in [0.15, 0.2) is 5.60 Å². The fourth-order valence-corrected chi connectivity index (χ4v) is 2.17. The van der Waals surface area contributed by atoms with Crippen LogP contribution in [0.2, 0.25) is 0 Å². The van der Waals surface area contributed by atoms with Gasteiger partial charge in [-0.25, -0.2) is 4.39 Å². The minimum atomic E-state index is -1.16. The molecule has 108 valence electrons.